The zero-order valence-electron chi connectivity index (χ0n) is 6.26. The van der Waals surface area contributed by atoms with E-state index >= 15 is 0 Å². The average molecular weight is 167 g/mol. The Morgan fingerprint density at radius 3 is 3.36 bits per heavy atom. The molecule has 3 heteroatoms. The fraction of sp³-hybridized carbons (Fsp3) is 0.250. The molecule has 1 aromatic rings. The normalized spacial score (nSPS) is 14.6. The lowest BCUT2D eigenvalue weighted by Crippen LogP contribution is -2.05. The van der Waals surface area contributed by atoms with E-state index in [0.29, 0.717) is 5.94 Å². The Morgan fingerprint density at radius 1 is 1.55 bits per heavy atom. The predicted octanol–water partition coefficient (Wildman–Crippen LogP) is 2.41. The van der Waals surface area contributed by atoms with Crippen LogP contribution in [0.25, 0.3) is 0 Å². The molecule has 2 nitrogen and oxygen atoms in total. The third kappa shape index (κ3) is 1.28. The summed E-state index contributed by atoms with van der Waals surface area (Å²) in [5.74, 6) is 1.65. The van der Waals surface area contributed by atoms with Crippen molar-refractivity contribution in [2.75, 3.05) is 10.7 Å². The zero-order valence-corrected chi connectivity index (χ0v) is 7.07. The molecule has 0 atom stereocenters. The molecular formula is C8H9NOS. The van der Waals surface area contributed by atoms with Crippen molar-refractivity contribution < 1.29 is 4.74 Å². The van der Waals surface area contributed by atoms with Crippen molar-refractivity contribution in [1.29, 1.82) is 0 Å². The van der Waals surface area contributed by atoms with E-state index in [4.69, 9.17) is 4.74 Å². The number of rotatable bonds is 0. The minimum absolute atomic E-state index is 0.691. The third-order valence-corrected chi connectivity index (χ3v) is 2.19. The van der Waals surface area contributed by atoms with Crippen LogP contribution in [-0.4, -0.2) is 5.94 Å². The number of aryl methyl sites for hydroxylation is 1. The molecule has 0 saturated heterocycles. The quantitative estimate of drug-likeness (QED) is 0.599. The van der Waals surface area contributed by atoms with Gasteiger partial charge >= 0.3 is 0 Å². The minimum atomic E-state index is 0.691. The highest BCUT2D eigenvalue weighted by molar-refractivity contribution is 8.00. The molecule has 1 heterocycles. The van der Waals surface area contributed by atoms with Crippen molar-refractivity contribution in [3.05, 3.63) is 23.8 Å². The molecule has 0 saturated carbocycles. The first-order valence-electron chi connectivity index (χ1n) is 3.47. The molecule has 58 valence electrons. The maximum absolute atomic E-state index is 5.40. The SMILES string of the molecule is Cc1ccc2c(c1)OCSN2. The highest BCUT2D eigenvalue weighted by atomic mass is 32.2. The van der Waals surface area contributed by atoms with Crippen LogP contribution in [0.1, 0.15) is 5.56 Å². The van der Waals surface area contributed by atoms with Crippen molar-refractivity contribution in [2.24, 2.45) is 0 Å². The number of hydrogen-bond acceptors (Lipinski definition) is 3. The van der Waals surface area contributed by atoms with Crippen molar-refractivity contribution in [3.8, 4) is 5.75 Å². The van der Waals surface area contributed by atoms with E-state index in [-0.39, 0.29) is 0 Å². The first-order valence-corrected chi connectivity index (χ1v) is 4.46. The Kier molecular flexibility index (Phi) is 1.66. The van der Waals surface area contributed by atoms with Gasteiger partial charge in [-0.15, -0.1) is 0 Å². The Balaban J connectivity index is 2.43. The van der Waals surface area contributed by atoms with Crippen LogP contribution < -0.4 is 9.46 Å². The van der Waals surface area contributed by atoms with Gasteiger partial charge in [0.1, 0.15) is 5.75 Å². The standard InChI is InChI=1S/C8H9NOS/c1-6-2-3-7-8(4-6)10-5-11-9-7/h2-4,9H,5H2,1H3. The predicted molar refractivity (Wildman–Crippen MR) is 47.9 cm³/mol. The number of benzene rings is 1. The van der Waals surface area contributed by atoms with Crippen LogP contribution >= 0.6 is 11.9 Å². The molecule has 0 bridgehead atoms. The minimum Gasteiger partial charge on any atom is -0.479 e. The van der Waals surface area contributed by atoms with Crippen LogP contribution in [0.5, 0.6) is 5.75 Å². The molecule has 0 radical (unpaired) electrons. The average Bonchev–Trinajstić information content (AvgIpc) is 2.04. The van der Waals surface area contributed by atoms with E-state index in [1.165, 1.54) is 5.56 Å². The van der Waals surface area contributed by atoms with E-state index in [1.54, 1.807) is 11.9 Å². The highest BCUT2D eigenvalue weighted by Crippen LogP contribution is 2.31. The second kappa shape index (κ2) is 2.66. The van der Waals surface area contributed by atoms with Crippen LogP contribution in [-0.2, 0) is 0 Å². The topological polar surface area (TPSA) is 21.3 Å². The number of ether oxygens (including phenoxy) is 1. The van der Waals surface area contributed by atoms with E-state index in [0.717, 1.165) is 11.4 Å². The molecule has 11 heavy (non-hydrogen) atoms. The van der Waals surface area contributed by atoms with Crippen molar-refractivity contribution in [3.63, 3.8) is 0 Å². The summed E-state index contributed by atoms with van der Waals surface area (Å²) < 4.78 is 8.59. The summed E-state index contributed by atoms with van der Waals surface area (Å²) >= 11 is 1.57. The van der Waals surface area contributed by atoms with Gasteiger partial charge in [-0.25, -0.2) is 0 Å². The molecule has 0 amide bonds. The van der Waals surface area contributed by atoms with Gasteiger partial charge in [-0.3, -0.25) is 0 Å². The molecular weight excluding hydrogens is 158 g/mol. The van der Waals surface area contributed by atoms with E-state index < -0.39 is 0 Å². The summed E-state index contributed by atoms with van der Waals surface area (Å²) in [6.45, 7) is 2.06. The molecule has 2 rings (SSSR count). The van der Waals surface area contributed by atoms with Gasteiger partial charge in [-0.2, -0.15) is 0 Å². The summed E-state index contributed by atoms with van der Waals surface area (Å²) in [4.78, 5) is 0. The Labute approximate surface area is 70.1 Å². The lowest BCUT2D eigenvalue weighted by Gasteiger charge is -2.17. The molecule has 1 aliphatic heterocycles. The van der Waals surface area contributed by atoms with Crippen molar-refractivity contribution in [1.82, 2.24) is 0 Å². The molecule has 0 fully saturated rings. The highest BCUT2D eigenvalue weighted by Gasteiger charge is 2.08. The summed E-state index contributed by atoms with van der Waals surface area (Å²) in [6, 6.07) is 6.15. The Hall–Kier alpha value is -0.830. The first kappa shape index (κ1) is 6.85. The maximum atomic E-state index is 5.40. The van der Waals surface area contributed by atoms with E-state index in [1.807, 2.05) is 12.1 Å². The molecule has 1 N–H and O–H groups in total. The van der Waals surface area contributed by atoms with Gasteiger partial charge in [0.25, 0.3) is 0 Å². The molecule has 0 aromatic heterocycles. The van der Waals surface area contributed by atoms with Gasteiger partial charge in [0.2, 0.25) is 0 Å². The Morgan fingerprint density at radius 2 is 2.45 bits per heavy atom. The Bertz CT molecular complexity index is 275. The van der Waals surface area contributed by atoms with E-state index in [2.05, 4.69) is 17.7 Å². The summed E-state index contributed by atoms with van der Waals surface area (Å²) in [5, 5.41) is 0. The van der Waals surface area contributed by atoms with Crippen molar-refractivity contribution in [2.45, 2.75) is 6.92 Å². The fourth-order valence-electron chi connectivity index (χ4n) is 1.03. The van der Waals surface area contributed by atoms with Crippen LogP contribution in [0.4, 0.5) is 5.69 Å². The first-order chi connectivity index (χ1) is 5.36. The zero-order chi connectivity index (χ0) is 7.68. The fourth-order valence-corrected chi connectivity index (χ4v) is 1.60. The summed E-state index contributed by atoms with van der Waals surface area (Å²) in [5.41, 5.74) is 2.31. The number of fused-ring (bicyclic) bond motifs is 1. The van der Waals surface area contributed by atoms with Gasteiger partial charge in [0.15, 0.2) is 5.94 Å². The van der Waals surface area contributed by atoms with Crippen LogP contribution in [0.15, 0.2) is 18.2 Å². The van der Waals surface area contributed by atoms with Gasteiger partial charge < -0.3 is 9.46 Å². The number of anilines is 1. The van der Waals surface area contributed by atoms with Crippen LogP contribution in [0.2, 0.25) is 0 Å². The molecule has 0 unspecified atom stereocenters. The van der Waals surface area contributed by atoms with Crippen molar-refractivity contribution >= 4 is 17.6 Å². The lowest BCUT2D eigenvalue weighted by atomic mass is 10.2. The van der Waals surface area contributed by atoms with Crippen LogP contribution in [0, 0.1) is 6.92 Å². The third-order valence-electron chi connectivity index (χ3n) is 1.59. The molecule has 1 aromatic carbocycles. The van der Waals surface area contributed by atoms with Gasteiger partial charge in [0.05, 0.1) is 5.69 Å². The molecule has 0 aliphatic carbocycles. The van der Waals surface area contributed by atoms with Gasteiger partial charge in [-0.05, 0) is 36.6 Å². The monoisotopic (exact) mass is 167 g/mol. The summed E-state index contributed by atoms with van der Waals surface area (Å²) in [7, 11) is 0. The van der Waals surface area contributed by atoms with E-state index in [9.17, 15) is 0 Å². The van der Waals surface area contributed by atoms with Gasteiger partial charge in [-0.1, -0.05) is 6.07 Å². The van der Waals surface area contributed by atoms with Gasteiger partial charge in [0, 0.05) is 0 Å². The molecule has 1 aliphatic rings. The van der Waals surface area contributed by atoms with Crippen LogP contribution in [0.3, 0.4) is 0 Å². The number of hydrogen-bond donors (Lipinski definition) is 1. The smallest absolute Gasteiger partial charge is 0.153 e. The second-order valence-electron chi connectivity index (χ2n) is 2.51. The second-order valence-corrected chi connectivity index (χ2v) is 3.24. The summed E-state index contributed by atoms with van der Waals surface area (Å²) in [6.07, 6.45) is 0. The lowest BCUT2D eigenvalue weighted by molar-refractivity contribution is 0.392. The largest absolute Gasteiger partial charge is 0.479 e. The maximum Gasteiger partial charge on any atom is 0.153 e. The molecule has 0 spiro atoms. The number of nitrogens with one attached hydrogen (secondary N) is 1.